The van der Waals surface area contributed by atoms with Crippen LogP contribution in [0, 0.1) is 33.6 Å². The van der Waals surface area contributed by atoms with Gasteiger partial charge in [0.15, 0.2) is 0 Å². The van der Waals surface area contributed by atoms with Gasteiger partial charge < -0.3 is 10.1 Å². The second kappa shape index (κ2) is 7.92. The highest BCUT2D eigenvalue weighted by Crippen LogP contribution is 2.30. The van der Waals surface area contributed by atoms with Gasteiger partial charge in [-0.15, -0.1) is 0 Å². The van der Waals surface area contributed by atoms with Crippen molar-refractivity contribution in [3.05, 3.63) is 87.7 Å². The van der Waals surface area contributed by atoms with E-state index in [1.807, 2.05) is 0 Å². The number of aromatic nitrogens is 1. The van der Waals surface area contributed by atoms with Crippen LogP contribution in [0.3, 0.4) is 0 Å². The fourth-order valence-corrected chi connectivity index (χ4v) is 2.25. The van der Waals surface area contributed by atoms with E-state index >= 15 is 0 Å². The van der Waals surface area contributed by atoms with E-state index in [1.165, 1.54) is 42.5 Å². The Morgan fingerprint density at radius 2 is 1.62 bits per heavy atom. The molecule has 0 aliphatic carbocycles. The van der Waals surface area contributed by atoms with E-state index < -0.39 is 40.1 Å². The molecule has 3 rings (SSSR count). The molecule has 1 amide bonds. The van der Waals surface area contributed by atoms with Gasteiger partial charge in [0.1, 0.15) is 5.75 Å². The van der Waals surface area contributed by atoms with Crippen LogP contribution < -0.4 is 10.1 Å². The molecule has 0 bridgehead atoms. The molecule has 0 saturated carbocycles. The number of ether oxygens (including phenoxy) is 1. The van der Waals surface area contributed by atoms with E-state index in [9.17, 15) is 32.5 Å². The van der Waals surface area contributed by atoms with Gasteiger partial charge >= 0.3 is 0 Å². The lowest BCUT2D eigenvalue weighted by Crippen LogP contribution is -2.12. The van der Waals surface area contributed by atoms with E-state index in [0.29, 0.717) is 0 Å². The minimum absolute atomic E-state index is 0.0337. The zero-order valence-corrected chi connectivity index (χ0v) is 14.2. The van der Waals surface area contributed by atoms with E-state index in [2.05, 4.69) is 10.3 Å². The Balaban J connectivity index is 1.75. The number of halogens is 4. The van der Waals surface area contributed by atoms with Crippen LogP contribution in [0.1, 0.15) is 10.4 Å². The minimum Gasteiger partial charge on any atom is -0.451 e. The Hall–Kier alpha value is -4.02. The molecule has 11 heteroatoms. The normalized spacial score (nSPS) is 10.5. The fraction of sp³-hybridized carbons (Fsp3) is 0. The molecule has 0 aliphatic rings. The van der Waals surface area contributed by atoms with Crippen LogP contribution in [0.15, 0.2) is 48.5 Å². The molecule has 7 nitrogen and oxygen atoms in total. The number of carbonyl (C=O) groups excluding carboxylic acids is 1. The highest BCUT2D eigenvalue weighted by Gasteiger charge is 2.23. The van der Waals surface area contributed by atoms with Crippen molar-refractivity contribution >= 4 is 17.3 Å². The molecule has 2 aromatic carbocycles. The van der Waals surface area contributed by atoms with E-state index in [-0.39, 0.29) is 22.7 Å². The lowest BCUT2D eigenvalue weighted by atomic mass is 10.2. The SMILES string of the molecule is O=C(Nc1ccc(Oc2c(F)c(F)nc(F)c2F)cc1)c1cccc([N+](=O)[O-])c1. The molecule has 1 aromatic heterocycles. The fourth-order valence-electron chi connectivity index (χ4n) is 2.25. The van der Waals surface area contributed by atoms with Gasteiger partial charge in [-0.25, -0.2) is 0 Å². The van der Waals surface area contributed by atoms with Crippen molar-refractivity contribution in [3.8, 4) is 11.5 Å². The first kappa shape index (κ1) is 19.7. The summed E-state index contributed by atoms with van der Waals surface area (Å²) in [4.78, 5) is 24.7. The van der Waals surface area contributed by atoms with Crippen molar-refractivity contribution in [1.82, 2.24) is 4.98 Å². The summed E-state index contributed by atoms with van der Waals surface area (Å²) in [5.74, 6) is -9.44. The number of hydrogen-bond acceptors (Lipinski definition) is 5. The number of hydrogen-bond donors (Lipinski definition) is 1. The summed E-state index contributed by atoms with van der Waals surface area (Å²) in [5.41, 5.74) is -0.00411. The van der Waals surface area contributed by atoms with Gasteiger partial charge in [0.05, 0.1) is 4.92 Å². The first-order valence-corrected chi connectivity index (χ1v) is 7.80. The third kappa shape index (κ3) is 4.29. The van der Waals surface area contributed by atoms with E-state index in [4.69, 9.17) is 4.74 Å². The molecule has 0 aliphatic heterocycles. The number of non-ortho nitro benzene ring substituents is 1. The molecule has 0 radical (unpaired) electrons. The van der Waals surface area contributed by atoms with Crippen molar-refractivity contribution < 1.29 is 32.0 Å². The molecule has 148 valence electrons. The van der Waals surface area contributed by atoms with Crippen molar-refractivity contribution in [2.24, 2.45) is 0 Å². The smallest absolute Gasteiger partial charge is 0.270 e. The van der Waals surface area contributed by atoms with Crippen molar-refractivity contribution in [2.75, 3.05) is 5.32 Å². The second-order valence-corrected chi connectivity index (χ2v) is 5.54. The maximum absolute atomic E-state index is 13.6. The largest absolute Gasteiger partial charge is 0.451 e. The number of carbonyl (C=O) groups is 1. The molecule has 3 aromatic rings. The number of benzene rings is 2. The van der Waals surface area contributed by atoms with Gasteiger partial charge in [-0.1, -0.05) is 6.07 Å². The molecule has 29 heavy (non-hydrogen) atoms. The quantitative estimate of drug-likeness (QED) is 0.289. The molecule has 0 unspecified atom stereocenters. The molecule has 0 fully saturated rings. The van der Waals surface area contributed by atoms with Gasteiger partial charge in [-0.05, 0) is 30.3 Å². The van der Waals surface area contributed by atoms with Crippen LogP contribution in [-0.2, 0) is 0 Å². The Morgan fingerprint density at radius 3 is 2.21 bits per heavy atom. The lowest BCUT2D eigenvalue weighted by Gasteiger charge is -2.10. The predicted octanol–water partition coefficient (Wildman–Crippen LogP) is 4.59. The Kier molecular flexibility index (Phi) is 5.39. The average molecular weight is 407 g/mol. The maximum atomic E-state index is 13.6. The van der Waals surface area contributed by atoms with Crippen molar-refractivity contribution in [2.45, 2.75) is 0 Å². The summed E-state index contributed by atoms with van der Waals surface area (Å²) in [6, 6.07) is 9.97. The molecule has 0 spiro atoms. The monoisotopic (exact) mass is 407 g/mol. The Labute approximate surface area is 159 Å². The van der Waals surface area contributed by atoms with Crippen molar-refractivity contribution in [1.29, 1.82) is 0 Å². The lowest BCUT2D eigenvalue weighted by molar-refractivity contribution is -0.384. The molecule has 1 heterocycles. The number of amides is 1. The van der Waals surface area contributed by atoms with Crippen LogP contribution in [0.2, 0.25) is 0 Å². The summed E-state index contributed by atoms with van der Waals surface area (Å²) >= 11 is 0. The number of rotatable bonds is 5. The van der Waals surface area contributed by atoms with Crippen LogP contribution in [0.5, 0.6) is 11.5 Å². The van der Waals surface area contributed by atoms with Crippen molar-refractivity contribution in [3.63, 3.8) is 0 Å². The zero-order chi connectivity index (χ0) is 21.1. The average Bonchev–Trinajstić information content (AvgIpc) is 2.71. The highest BCUT2D eigenvalue weighted by molar-refractivity contribution is 6.04. The molecule has 1 N–H and O–H groups in total. The molecular formula is C18H9F4N3O4. The summed E-state index contributed by atoms with van der Waals surface area (Å²) in [7, 11) is 0. The summed E-state index contributed by atoms with van der Waals surface area (Å²) in [5, 5.41) is 13.2. The highest BCUT2D eigenvalue weighted by atomic mass is 19.2. The third-order valence-corrected chi connectivity index (χ3v) is 3.61. The minimum atomic E-state index is -1.86. The standard InChI is InChI=1S/C18H9F4N3O4/c19-13-15(14(20)17(22)24-16(13)21)29-12-6-4-10(5-7-12)23-18(26)9-2-1-3-11(8-9)25(27)28/h1-8H,(H,23,26). The number of pyridine rings is 1. The van der Waals surface area contributed by atoms with E-state index in [1.54, 1.807) is 0 Å². The van der Waals surface area contributed by atoms with Crippen LogP contribution in [0.25, 0.3) is 0 Å². The number of anilines is 1. The van der Waals surface area contributed by atoms with Crippen LogP contribution in [0.4, 0.5) is 28.9 Å². The topological polar surface area (TPSA) is 94.4 Å². The Morgan fingerprint density at radius 1 is 1.00 bits per heavy atom. The van der Waals surface area contributed by atoms with Gasteiger partial charge in [0.25, 0.3) is 23.5 Å². The number of nitrogens with one attached hydrogen (secondary N) is 1. The first-order valence-electron chi connectivity index (χ1n) is 7.80. The second-order valence-electron chi connectivity index (χ2n) is 5.54. The third-order valence-electron chi connectivity index (χ3n) is 3.61. The van der Waals surface area contributed by atoms with Gasteiger partial charge in [-0.3, -0.25) is 14.9 Å². The van der Waals surface area contributed by atoms with Gasteiger partial charge in [0.2, 0.25) is 17.4 Å². The number of nitro benzene ring substituents is 1. The number of nitrogens with zero attached hydrogens (tertiary/aromatic N) is 2. The van der Waals surface area contributed by atoms with Crippen LogP contribution >= 0.6 is 0 Å². The Bertz CT molecular complexity index is 1080. The summed E-state index contributed by atoms with van der Waals surface area (Å²) < 4.78 is 58.2. The van der Waals surface area contributed by atoms with Gasteiger partial charge in [0, 0.05) is 23.4 Å². The maximum Gasteiger partial charge on any atom is 0.270 e. The molecular weight excluding hydrogens is 398 g/mol. The summed E-state index contributed by atoms with van der Waals surface area (Å²) in [6.07, 6.45) is 0. The summed E-state index contributed by atoms with van der Waals surface area (Å²) in [6.45, 7) is 0. The van der Waals surface area contributed by atoms with Gasteiger partial charge in [-0.2, -0.15) is 22.5 Å². The molecule has 0 atom stereocenters. The number of nitro groups is 1. The molecule has 0 saturated heterocycles. The first-order chi connectivity index (χ1) is 13.8. The predicted molar refractivity (Wildman–Crippen MR) is 91.6 cm³/mol. The van der Waals surface area contributed by atoms with Crippen LogP contribution in [-0.4, -0.2) is 15.8 Å². The zero-order valence-electron chi connectivity index (χ0n) is 14.2. The van der Waals surface area contributed by atoms with E-state index in [0.717, 1.165) is 6.07 Å².